The molecule has 4 N–H and O–H groups in total. The minimum Gasteiger partial charge on any atom is -0.366 e. The molecule has 27 aromatic rings. The highest BCUT2D eigenvalue weighted by molar-refractivity contribution is 5.81. The van der Waals surface area contributed by atoms with Gasteiger partial charge >= 0.3 is 0 Å². The minimum atomic E-state index is 0.713. The van der Waals surface area contributed by atoms with Crippen molar-refractivity contribution in [3.8, 4) is 0 Å². The summed E-state index contributed by atoms with van der Waals surface area (Å²) in [6, 6.07) is 69.8. The summed E-state index contributed by atoms with van der Waals surface area (Å²) in [7, 11) is 0. The van der Waals surface area contributed by atoms with E-state index in [-0.39, 0.29) is 0 Å². The van der Waals surface area contributed by atoms with Gasteiger partial charge in [0.25, 0.3) is 0 Å². The fourth-order valence-electron chi connectivity index (χ4n) is 12.1. The van der Waals surface area contributed by atoms with Gasteiger partial charge in [-0.05, 0) is 175 Å². The van der Waals surface area contributed by atoms with Crippen molar-refractivity contribution in [2.24, 2.45) is 0 Å². The Kier molecular flexibility index (Phi) is 28.8. The van der Waals surface area contributed by atoms with Crippen LogP contribution in [0.25, 0.3) is 94.3 Å². The Morgan fingerprint density at radius 1 is 0.304 bits per heavy atom. The molecule has 0 saturated heterocycles. The number of H-pyrrole nitrogens is 4. The third-order valence-electron chi connectivity index (χ3n) is 18.2. The van der Waals surface area contributed by atoms with E-state index in [1.165, 1.54) is 54.0 Å². The molecule has 1 aliphatic heterocycles. The molecule has 27 heterocycles. The van der Waals surface area contributed by atoms with Crippen LogP contribution in [0.2, 0.25) is 0 Å². The smallest absolute Gasteiger partial charge is 0.180 e. The summed E-state index contributed by atoms with van der Waals surface area (Å²) in [5.74, 6) is 0. The molecule has 0 fully saturated rings. The molecule has 125 heavy (non-hydrogen) atoms. The SMILES string of the molecule is c1cc2n(c1)CCC2.c1cc2nc[nH]c2cn1.c1cc2nccn2cn1.c1ccc2c[nH]cc2c1.c1ccn2cccc2c1.c1ccn2ccnc2c1.c1ccn2cncc2c1.c1ccn2cnnc2c1.c1ccn2nccc2c1.c1ccn2ncnc2c1.c1cn2ccnc2cn1.c1cnc2[nH]ncc2c1.c1cnn2cccc2c1.c1ncc2[nH]cnc2n1. The largest absolute Gasteiger partial charge is 0.366 e. The standard InChI is InChI=1S/2C8H7N.4C7H6N2.C7H9N.6C6H5N3.C5H4N4/c1-2-6-9-7-3-5-8(9)4-1;1-2-4-8-6-9-5-7(8)3-1;1-3-7-4-2-6-9(7)8-5-1;1-2-6-9-7(3-1)4-5-8-9;1-2-5-9-6-4-8-7(9)3-1;1-2-4-9-6-8-5-7(9)3-1;1-3-7-4-2-6-8(7)5-1;1-3-9-4-2-8-6(9)5-7-1;1-2-7-3-6-5(1)8-4-9-6;1-2-7-5-9-4-3-8-6(1)9;1-2-5-4-8-9-6(5)7-3-1;1-2-4-9-5-7-8-6(9)3-1;1-2-4-9-6(3-1)7-5-8-9;1-4-5(8-2-6-1)9-3-7-4/h1-7H;1-6,9H;4*1-6H;1,3,5H,2,4,6H2;1-5H;1-4H,(H,8,9);1-5H;1-4H,(H,7,8,9);2*1-5H;1-3H,(H,6,7,8,9). The van der Waals surface area contributed by atoms with Crippen LogP contribution in [-0.4, -0.2) is 160 Å². The number of hydrogen-bond donors (Lipinski definition) is 4. The molecule has 33 heteroatoms. The van der Waals surface area contributed by atoms with E-state index in [1.54, 1.807) is 117 Å². The van der Waals surface area contributed by atoms with E-state index < -0.39 is 0 Å². The molecule has 614 valence electrons. The van der Waals surface area contributed by atoms with Crippen LogP contribution >= 0.6 is 0 Å². The lowest BCUT2D eigenvalue weighted by Crippen LogP contribution is -1.86. The number of pyridine rings is 8. The van der Waals surface area contributed by atoms with Crippen molar-refractivity contribution in [2.45, 2.75) is 19.4 Å². The molecule has 0 spiro atoms. The van der Waals surface area contributed by atoms with Crippen LogP contribution in [0.5, 0.6) is 0 Å². The quantitative estimate of drug-likeness (QED) is 0.110. The van der Waals surface area contributed by atoms with Gasteiger partial charge in [0, 0.05) is 172 Å². The van der Waals surface area contributed by atoms with E-state index in [0.29, 0.717) is 5.65 Å². The second-order valence-corrected chi connectivity index (χ2v) is 26.4. The zero-order chi connectivity index (χ0) is 84.8. The van der Waals surface area contributed by atoms with Crippen molar-refractivity contribution in [2.75, 3.05) is 0 Å². The van der Waals surface area contributed by atoms with Crippen molar-refractivity contribution in [3.63, 3.8) is 0 Å². The van der Waals surface area contributed by atoms with Gasteiger partial charge < -0.3 is 37.1 Å². The van der Waals surface area contributed by atoms with Crippen molar-refractivity contribution in [3.05, 3.63) is 442 Å². The first-order chi connectivity index (χ1) is 62.0. The number of nitrogens with zero attached hydrogens (tertiary/aromatic N) is 29. The zero-order valence-electron chi connectivity index (χ0n) is 67.1. The van der Waals surface area contributed by atoms with Crippen LogP contribution in [-0.2, 0) is 13.0 Å². The normalized spacial score (nSPS) is 10.6. The highest BCUT2D eigenvalue weighted by Gasteiger charge is 2.06. The van der Waals surface area contributed by atoms with Gasteiger partial charge in [-0.1, -0.05) is 60.7 Å². The van der Waals surface area contributed by atoms with Gasteiger partial charge in [0.2, 0.25) is 0 Å². The molecule has 33 nitrogen and oxygen atoms in total. The maximum Gasteiger partial charge on any atom is 0.180 e. The second-order valence-electron chi connectivity index (χ2n) is 26.4. The van der Waals surface area contributed by atoms with Gasteiger partial charge in [-0.15, -0.1) is 10.2 Å². The molecule has 1 aromatic carbocycles. The number of imidazole rings is 6. The molecule has 0 aliphatic carbocycles. The molecule has 28 rings (SSSR count). The minimum absolute atomic E-state index is 0.713. The number of aromatic amines is 4. The molecular weight excluding hydrogens is 1570 g/mol. The van der Waals surface area contributed by atoms with Crippen LogP contribution in [0.4, 0.5) is 0 Å². The first-order valence-electron chi connectivity index (χ1n) is 39.2. The van der Waals surface area contributed by atoms with Gasteiger partial charge in [0.15, 0.2) is 28.2 Å². The number of aryl methyl sites for hydroxylation is 2. The molecular formula is C92H81N33. The maximum atomic E-state index is 4.08. The van der Waals surface area contributed by atoms with E-state index in [9.17, 15) is 0 Å². The number of rotatable bonds is 0. The number of aromatic nitrogens is 33. The molecule has 0 amide bonds. The molecule has 0 radical (unpaired) electrons. The lowest BCUT2D eigenvalue weighted by atomic mass is 10.2. The summed E-state index contributed by atoms with van der Waals surface area (Å²) < 4.78 is 19.4. The van der Waals surface area contributed by atoms with E-state index in [2.05, 4.69) is 167 Å². The Labute approximate surface area is 711 Å². The predicted molar refractivity (Wildman–Crippen MR) is 481 cm³/mol. The van der Waals surface area contributed by atoms with Gasteiger partial charge in [0.05, 0.1) is 77.5 Å². The highest BCUT2D eigenvalue weighted by Crippen LogP contribution is 2.15. The van der Waals surface area contributed by atoms with Crippen molar-refractivity contribution in [1.82, 2.24) is 160 Å². The summed E-state index contributed by atoms with van der Waals surface area (Å²) in [5, 5.41) is 29.7. The summed E-state index contributed by atoms with van der Waals surface area (Å²) in [6.45, 7) is 1.24. The second kappa shape index (κ2) is 43.9. The van der Waals surface area contributed by atoms with E-state index >= 15 is 0 Å². The summed E-state index contributed by atoms with van der Waals surface area (Å²) in [4.78, 5) is 60.3. The van der Waals surface area contributed by atoms with E-state index in [0.717, 1.165) is 72.4 Å². The Bertz CT molecular complexity index is 5670. The number of nitrogens with one attached hydrogen (secondary N) is 4. The van der Waals surface area contributed by atoms with Crippen LogP contribution in [0.1, 0.15) is 12.1 Å². The van der Waals surface area contributed by atoms with Gasteiger partial charge in [-0.3, -0.25) is 23.9 Å². The maximum absolute atomic E-state index is 4.08. The molecule has 26 aromatic heterocycles. The summed E-state index contributed by atoms with van der Waals surface area (Å²) >= 11 is 0. The predicted octanol–water partition coefficient (Wildman–Crippen LogP) is 16.1. The molecule has 1 aliphatic rings. The Hall–Kier alpha value is -18.2. The molecule has 0 bridgehead atoms. The van der Waals surface area contributed by atoms with Crippen LogP contribution in [0.15, 0.2) is 436 Å². The van der Waals surface area contributed by atoms with Crippen molar-refractivity contribution >= 4 is 94.3 Å². The Balaban J connectivity index is 0.000000104. The third-order valence-corrected chi connectivity index (χ3v) is 18.2. The van der Waals surface area contributed by atoms with Crippen molar-refractivity contribution < 1.29 is 0 Å². The third kappa shape index (κ3) is 23.8. The van der Waals surface area contributed by atoms with Gasteiger partial charge in [-0.2, -0.15) is 20.4 Å². The topological polar surface area (TPSA) is 353 Å². The van der Waals surface area contributed by atoms with E-state index in [4.69, 9.17) is 0 Å². The summed E-state index contributed by atoms with van der Waals surface area (Å²) in [5.41, 5.74) is 15.1. The lowest BCUT2D eigenvalue weighted by Gasteiger charge is -1.90. The van der Waals surface area contributed by atoms with Crippen LogP contribution in [0, 0.1) is 0 Å². The highest BCUT2D eigenvalue weighted by atomic mass is 15.3. The number of hydrogen-bond acceptors (Lipinski definition) is 19. The Morgan fingerprint density at radius 2 is 0.896 bits per heavy atom. The van der Waals surface area contributed by atoms with Crippen molar-refractivity contribution in [1.29, 1.82) is 0 Å². The fourth-order valence-corrected chi connectivity index (χ4v) is 12.1. The average Bonchev–Trinajstić information content (AvgIpc) is 1.72. The Morgan fingerprint density at radius 3 is 1.66 bits per heavy atom. The lowest BCUT2D eigenvalue weighted by molar-refractivity contribution is 0.750. The first kappa shape index (κ1) is 82.0. The molecule has 0 atom stereocenters. The molecule has 0 saturated carbocycles. The fraction of sp³-hybridized carbons (Fsp3) is 0.0326. The number of fused-ring (bicyclic) bond motifs is 14. The van der Waals surface area contributed by atoms with Crippen LogP contribution in [0.3, 0.4) is 0 Å². The van der Waals surface area contributed by atoms with Gasteiger partial charge in [-0.25, -0.2) is 68.4 Å². The average molecular weight is 1650 g/mol. The van der Waals surface area contributed by atoms with E-state index in [1.807, 2.05) is 300 Å². The zero-order valence-corrected chi connectivity index (χ0v) is 67.1. The summed E-state index contributed by atoms with van der Waals surface area (Å²) in [6.07, 6.45) is 67.9. The number of benzene rings is 1. The molecule has 0 unspecified atom stereocenters. The monoisotopic (exact) mass is 1650 g/mol. The van der Waals surface area contributed by atoms with Gasteiger partial charge in [0.1, 0.15) is 42.1 Å². The first-order valence-corrected chi connectivity index (χ1v) is 39.2. The van der Waals surface area contributed by atoms with Crippen LogP contribution < -0.4 is 0 Å².